The van der Waals surface area contributed by atoms with Crippen LogP contribution in [-0.4, -0.2) is 27.8 Å². The number of hydrogen-bond acceptors (Lipinski definition) is 3. The molecule has 0 fully saturated rings. The molecule has 120 valence electrons. The first kappa shape index (κ1) is 16.6. The van der Waals surface area contributed by atoms with Gasteiger partial charge in [0.1, 0.15) is 0 Å². The van der Waals surface area contributed by atoms with E-state index in [1.54, 1.807) is 18.2 Å². The van der Waals surface area contributed by atoms with Gasteiger partial charge in [0.05, 0.1) is 17.2 Å². The Kier molecular flexibility index (Phi) is 4.61. The van der Waals surface area contributed by atoms with Crippen LogP contribution in [0.2, 0.25) is 0 Å². The molecule has 4 heteroatoms. The Bertz CT molecular complexity index is 613. The monoisotopic (exact) mass is 303 g/mol. The van der Waals surface area contributed by atoms with Crippen LogP contribution >= 0.6 is 0 Å². The van der Waals surface area contributed by atoms with Gasteiger partial charge in [0.2, 0.25) is 0 Å². The molecule has 1 aliphatic heterocycles. The van der Waals surface area contributed by atoms with Crippen LogP contribution in [0.4, 0.5) is 5.69 Å². The Morgan fingerprint density at radius 3 is 2.64 bits per heavy atom. The van der Waals surface area contributed by atoms with Crippen molar-refractivity contribution in [2.45, 2.75) is 58.6 Å². The van der Waals surface area contributed by atoms with Crippen LogP contribution in [0, 0.1) is 0 Å². The second-order valence-corrected chi connectivity index (χ2v) is 6.72. The highest BCUT2D eigenvalue weighted by Gasteiger charge is 2.36. The maximum atomic E-state index is 11.0. The van der Waals surface area contributed by atoms with Crippen molar-refractivity contribution < 1.29 is 15.0 Å². The maximum Gasteiger partial charge on any atom is 0.335 e. The van der Waals surface area contributed by atoms with Crippen molar-refractivity contribution >= 4 is 11.7 Å². The smallest absolute Gasteiger partial charge is 0.335 e. The third-order valence-electron chi connectivity index (χ3n) is 4.72. The first-order chi connectivity index (χ1) is 10.2. The van der Waals surface area contributed by atoms with Crippen molar-refractivity contribution in [1.82, 2.24) is 0 Å². The molecule has 2 rings (SSSR count). The van der Waals surface area contributed by atoms with Crippen LogP contribution in [0.5, 0.6) is 0 Å². The predicted molar refractivity (Wildman–Crippen MR) is 88.4 cm³/mol. The number of rotatable bonds is 5. The van der Waals surface area contributed by atoms with Crippen molar-refractivity contribution in [3.05, 3.63) is 40.5 Å². The van der Waals surface area contributed by atoms with Crippen molar-refractivity contribution in [2.75, 3.05) is 5.32 Å². The van der Waals surface area contributed by atoms with Gasteiger partial charge in [-0.25, -0.2) is 4.79 Å². The molecule has 1 unspecified atom stereocenters. The second-order valence-electron chi connectivity index (χ2n) is 6.72. The normalized spacial score (nSPS) is 19.0. The van der Waals surface area contributed by atoms with Gasteiger partial charge >= 0.3 is 5.97 Å². The fourth-order valence-electron chi connectivity index (χ4n) is 2.74. The lowest BCUT2D eigenvalue weighted by molar-refractivity contribution is 0.0332. The van der Waals surface area contributed by atoms with E-state index in [4.69, 9.17) is 5.11 Å². The number of allylic oxidation sites excluding steroid dienone is 2. The number of carbonyl (C=O) groups is 1. The molecule has 22 heavy (non-hydrogen) atoms. The number of carboxylic acid groups (broad SMARTS) is 1. The molecule has 0 radical (unpaired) electrons. The van der Waals surface area contributed by atoms with Gasteiger partial charge in [0, 0.05) is 5.69 Å². The average molecular weight is 303 g/mol. The van der Waals surface area contributed by atoms with Crippen molar-refractivity contribution in [2.24, 2.45) is 0 Å². The number of carboxylic acids is 1. The molecule has 3 N–H and O–H groups in total. The highest BCUT2D eigenvalue weighted by molar-refractivity contribution is 5.88. The van der Waals surface area contributed by atoms with E-state index in [1.165, 1.54) is 11.1 Å². The fraction of sp³-hybridized carbons (Fsp3) is 0.500. The lowest BCUT2D eigenvalue weighted by Crippen LogP contribution is -2.43. The highest BCUT2D eigenvalue weighted by atomic mass is 16.4. The molecule has 0 amide bonds. The molecule has 0 aliphatic carbocycles. The molecule has 1 aromatic carbocycles. The standard InChI is InChI=1S/C18H25NO3/c1-11(2)12(3)7-8-18(4,22)16-10-14-9-13(17(20)21)5-6-15(14)19-16/h5-6,9,16,19,22H,7-8,10H2,1-4H3,(H,20,21)/t16?,18-/m1/s1. The first-order valence-electron chi connectivity index (χ1n) is 7.69. The van der Waals surface area contributed by atoms with Crippen molar-refractivity contribution in [3.8, 4) is 0 Å². The molecule has 1 aliphatic rings. The minimum Gasteiger partial charge on any atom is -0.478 e. The number of aliphatic hydroxyl groups is 1. The zero-order chi connectivity index (χ0) is 16.5. The van der Waals surface area contributed by atoms with Crippen LogP contribution in [0.15, 0.2) is 29.3 Å². The Balaban J connectivity index is 2.08. The van der Waals surface area contributed by atoms with Gasteiger partial charge in [-0.3, -0.25) is 0 Å². The van der Waals surface area contributed by atoms with Gasteiger partial charge in [0.25, 0.3) is 0 Å². The molecule has 0 bridgehead atoms. The van der Waals surface area contributed by atoms with E-state index >= 15 is 0 Å². The molecule has 1 aromatic rings. The van der Waals surface area contributed by atoms with Crippen molar-refractivity contribution in [3.63, 3.8) is 0 Å². The Labute approximate surface area is 131 Å². The summed E-state index contributed by atoms with van der Waals surface area (Å²) in [6.07, 6.45) is 2.20. The summed E-state index contributed by atoms with van der Waals surface area (Å²) in [4.78, 5) is 11.0. The molecule has 0 saturated heterocycles. The SMILES string of the molecule is CC(C)=C(C)CC[C@@](C)(O)C1Cc2cc(C(=O)O)ccc2N1. The van der Waals surface area contributed by atoms with E-state index < -0.39 is 11.6 Å². The molecule has 0 aromatic heterocycles. The number of fused-ring (bicyclic) bond motifs is 1. The summed E-state index contributed by atoms with van der Waals surface area (Å²) in [7, 11) is 0. The van der Waals surface area contributed by atoms with Crippen LogP contribution in [0.1, 0.15) is 56.5 Å². The van der Waals surface area contributed by atoms with Gasteiger partial charge in [-0.15, -0.1) is 0 Å². The van der Waals surface area contributed by atoms with E-state index in [0.717, 1.165) is 17.7 Å². The first-order valence-corrected chi connectivity index (χ1v) is 7.69. The third kappa shape index (κ3) is 3.50. The Hall–Kier alpha value is -1.81. The molecule has 1 heterocycles. The largest absolute Gasteiger partial charge is 0.478 e. The Morgan fingerprint density at radius 1 is 1.36 bits per heavy atom. The summed E-state index contributed by atoms with van der Waals surface area (Å²) in [6, 6.07) is 4.99. The zero-order valence-electron chi connectivity index (χ0n) is 13.7. The maximum absolute atomic E-state index is 11.0. The number of nitrogens with one attached hydrogen (secondary N) is 1. The average Bonchev–Trinajstić information content (AvgIpc) is 2.88. The number of aromatic carboxylic acids is 1. The summed E-state index contributed by atoms with van der Waals surface area (Å²) in [6.45, 7) is 8.12. The summed E-state index contributed by atoms with van der Waals surface area (Å²) >= 11 is 0. The minimum absolute atomic E-state index is 0.0866. The molecular weight excluding hydrogens is 278 g/mol. The van der Waals surface area contributed by atoms with Gasteiger partial charge < -0.3 is 15.5 Å². The highest BCUT2D eigenvalue weighted by Crippen LogP contribution is 2.34. The van der Waals surface area contributed by atoms with E-state index in [1.807, 2.05) is 6.92 Å². The van der Waals surface area contributed by atoms with E-state index in [2.05, 4.69) is 26.1 Å². The number of anilines is 1. The topological polar surface area (TPSA) is 69.6 Å². The molecule has 0 saturated carbocycles. The molecule has 2 atom stereocenters. The van der Waals surface area contributed by atoms with Crippen LogP contribution in [0.25, 0.3) is 0 Å². The summed E-state index contributed by atoms with van der Waals surface area (Å²) < 4.78 is 0. The summed E-state index contributed by atoms with van der Waals surface area (Å²) in [5.41, 5.74) is 3.95. The molecule has 0 spiro atoms. The predicted octanol–water partition coefficient (Wildman–Crippen LogP) is 3.61. The third-order valence-corrected chi connectivity index (χ3v) is 4.72. The lowest BCUT2D eigenvalue weighted by Gasteiger charge is -2.31. The fourth-order valence-corrected chi connectivity index (χ4v) is 2.74. The summed E-state index contributed by atoms with van der Waals surface area (Å²) in [5, 5.41) is 23.2. The van der Waals surface area contributed by atoms with Crippen LogP contribution < -0.4 is 5.32 Å². The van der Waals surface area contributed by atoms with Crippen LogP contribution in [0.3, 0.4) is 0 Å². The zero-order valence-corrected chi connectivity index (χ0v) is 13.7. The number of hydrogen-bond donors (Lipinski definition) is 3. The van der Waals surface area contributed by atoms with Gasteiger partial charge in [-0.2, -0.15) is 0 Å². The molecule has 4 nitrogen and oxygen atoms in total. The lowest BCUT2D eigenvalue weighted by atomic mass is 9.87. The minimum atomic E-state index is -0.919. The van der Waals surface area contributed by atoms with Crippen molar-refractivity contribution in [1.29, 1.82) is 0 Å². The van der Waals surface area contributed by atoms with Crippen LogP contribution in [-0.2, 0) is 6.42 Å². The number of benzene rings is 1. The van der Waals surface area contributed by atoms with Gasteiger partial charge in [-0.05, 0) is 70.7 Å². The van der Waals surface area contributed by atoms with E-state index in [-0.39, 0.29) is 6.04 Å². The van der Waals surface area contributed by atoms with Gasteiger partial charge in [0.15, 0.2) is 0 Å². The molecular formula is C18H25NO3. The van der Waals surface area contributed by atoms with Gasteiger partial charge in [-0.1, -0.05) is 11.1 Å². The summed E-state index contributed by atoms with van der Waals surface area (Å²) in [5.74, 6) is -0.919. The van der Waals surface area contributed by atoms with E-state index in [9.17, 15) is 9.90 Å². The van der Waals surface area contributed by atoms with E-state index in [0.29, 0.717) is 18.4 Å². The Morgan fingerprint density at radius 2 is 2.05 bits per heavy atom. The second kappa shape index (κ2) is 6.13. The quantitative estimate of drug-likeness (QED) is 0.727.